The molecule has 0 saturated carbocycles. The van der Waals surface area contributed by atoms with Gasteiger partial charge in [-0.15, -0.1) is 0 Å². The van der Waals surface area contributed by atoms with E-state index in [4.69, 9.17) is 0 Å². The molecule has 24 heavy (non-hydrogen) atoms. The Kier molecular flexibility index (Phi) is 5.88. The van der Waals surface area contributed by atoms with Crippen LogP contribution in [0.2, 0.25) is 0 Å². The molecule has 2 aromatic rings. The van der Waals surface area contributed by atoms with E-state index in [1.54, 1.807) is 6.07 Å². The summed E-state index contributed by atoms with van der Waals surface area (Å²) in [5, 5.41) is 9.41. The predicted molar refractivity (Wildman–Crippen MR) is 86.9 cm³/mol. The molecule has 0 aromatic heterocycles. The van der Waals surface area contributed by atoms with Crippen LogP contribution < -0.4 is 0 Å². The Morgan fingerprint density at radius 3 is 1.88 bits per heavy atom. The van der Waals surface area contributed by atoms with Crippen LogP contribution in [0.25, 0.3) is 0 Å². The zero-order chi connectivity index (χ0) is 18.7. The maximum absolute atomic E-state index is 11.2. The van der Waals surface area contributed by atoms with Gasteiger partial charge in [-0.1, -0.05) is 30.3 Å². The molecule has 1 N–H and O–H groups in total. The summed E-state index contributed by atoms with van der Waals surface area (Å²) in [6.07, 6.45) is 2.26. The SMILES string of the molecule is Cc1cc(O)ccc1[S+](C)Cc1ccccc1.[F][Sb-]([F])([F])([F])([F])[F]. The van der Waals surface area contributed by atoms with Crippen molar-refractivity contribution < 1.29 is 22.0 Å². The van der Waals surface area contributed by atoms with E-state index in [0.717, 1.165) is 5.75 Å². The fourth-order valence-corrected chi connectivity index (χ4v) is 3.68. The van der Waals surface area contributed by atoms with E-state index in [1.165, 1.54) is 16.0 Å². The van der Waals surface area contributed by atoms with E-state index in [0.29, 0.717) is 5.75 Å². The minimum atomic E-state index is -11.2. The Hall–Kier alpha value is -1.01. The first-order valence-electron chi connectivity index (χ1n) is 6.64. The second-order valence-corrected chi connectivity index (χ2v) is 12.6. The molecular weight excluding hydrogens is 464 g/mol. The predicted octanol–water partition coefficient (Wildman–Crippen LogP) is 5.65. The third kappa shape index (κ3) is 10.7. The summed E-state index contributed by atoms with van der Waals surface area (Å²) in [7, 11) is 0.185. The van der Waals surface area contributed by atoms with Crippen molar-refractivity contribution in [3.8, 4) is 5.75 Å². The van der Waals surface area contributed by atoms with Crippen LogP contribution in [0.15, 0.2) is 53.4 Å². The van der Waals surface area contributed by atoms with Crippen LogP contribution in [0.5, 0.6) is 5.75 Å². The molecule has 136 valence electrons. The van der Waals surface area contributed by atoms with Crippen LogP contribution in [-0.4, -0.2) is 30.8 Å². The zero-order valence-corrected chi connectivity index (χ0v) is 16.3. The van der Waals surface area contributed by atoms with Gasteiger partial charge in [-0.25, -0.2) is 0 Å². The Balaban J connectivity index is 0.000000351. The Labute approximate surface area is 141 Å². The number of benzene rings is 2. The summed E-state index contributed by atoms with van der Waals surface area (Å²) >= 11 is -11.2. The first-order valence-corrected chi connectivity index (χ1v) is 14.2. The van der Waals surface area contributed by atoms with Crippen LogP contribution in [-0.2, 0) is 16.6 Å². The first kappa shape index (κ1) is 21.0. The van der Waals surface area contributed by atoms with Gasteiger partial charge in [0.1, 0.15) is 17.8 Å². The summed E-state index contributed by atoms with van der Waals surface area (Å²) in [6, 6.07) is 16.2. The Morgan fingerprint density at radius 1 is 0.917 bits per heavy atom. The fraction of sp³-hybridized carbons (Fsp3) is 0.200. The van der Waals surface area contributed by atoms with Gasteiger partial charge in [0, 0.05) is 22.0 Å². The molecule has 0 aliphatic heterocycles. The number of aromatic hydroxyl groups is 1. The van der Waals surface area contributed by atoms with E-state index in [-0.39, 0.29) is 10.9 Å². The summed E-state index contributed by atoms with van der Waals surface area (Å²) < 4.78 is 59.6. The van der Waals surface area contributed by atoms with Gasteiger partial charge in [0.25, 0.3) is 0 Å². The molecule has 0 heterocycles. The van der Waals surface area contributed by atoms with Crippen molar-refractivity contribution >= 4 is 30.4 Å². The molecule has 0 aliphatic carbocycles. The Bertz CT molecular complexity index is 677. The molecule has 0 bridgehead atoms. The van der Waals surface area contributed by atoms with Crippen LogP contribution in [0, 0.1) is 6.92 Å². The van der Waals surface area contributed by atoms with Gasteiger partial charge in [-0.3, -0.25) is 0 Å². The van der Waals surface area contributed by atoms with Crippen molar-refractivity contribution in [2.75, 3.05) is 6.26 Å². The van der Waals surface area contributed by atoms with Crippen LogP contribution >= 0.6 is 0 Å². The van der Waals surface area contributed by atoms with Gasteiger partial charge >= 0.3 is 36.4 Å². The van der Waals surface area contributed by atoms with Gasteiger partial charge in [0.2, 0.25) is 0 Å². The second kappa shape index (κ2) is 6.71. The Morgan fingerprint density at radius 2 is 1.42 bits per heavy atom. The van der Waals surface area contributed by atoms with Crippen LogP contribution in [0.4, 0.5) is 16.9 Å². The number of phenols is 1. The number of aryl methyl sites for hydroxylation is 1. The first-order chi connectivity index (χ1) is 10.6. The van der Waals surface area contributed by atoms with Gasteiger partial charge in [-0.2, -0.15) is 0 Å². The summed E-state index contributed by atoms with van der Waals surface area (Å²) in [5.41, 5.74) is 2.54. The van der Waals surface area contributed by atoms with Crippen molar-refractivity contribution in [2.24, 2.45) is 0 Å². The topological polar surface area (TPSA) is 20.2 Å². The van der Waals surface area contributed by atoms with Crippen molar-refractivity contribution in [2.45, 2.75) is 17.6 Å². The molecule has 9 heteroatoms. The van der Waals surface area contributed by atoms with Crippen molar-refractivity contribution in [3.63, 3.8) is 0 Å². The van der Waals surface area contributed by atoms with E-state index < -0.39 is 19.5 Å². The average molecular weight is 481 g/mol. The van der Waals surface area contributed by atoms with Crippen molar-refractivity contribution in [1.29, 1.82) is 0 Å². The number of hydrogen-bond donors (Lipinski definition) is 1. The third-order valence-corrected chi connectivity index (χ3v) is 4.74. The van der Waals surface area contributed by atoms with Crippen molar-refractivity contribution in [1.82, 2.24) is 0 Å². The van der Waals surface area contributed by atoms with Gasteiger partial charge < -0.3 is 5.11 Å². The normalized spacial score (nSPS) is 15.5. The van der Waals surface area contributed by atoms with Crippen LogP contribution in [0.1, 0.15) is 11.1 Å². The van der Waals surface area contributed by atoms with E-state index >= 15 is 0 Å². The fourth-order valence-electron chi connectivity index (χ4n) is 1.93. The molecule has 0 saturated heterocycles. The molecule has 0 fully saturated rings. The molecule has 2 aromatic carbocycles. The molecule has 0 aliphatic rings. The van der Waals surface area contributed by atoms with E-state index in [1.807, 2.05) is 18.2 Å². The standard InChI is InChI=1S/C15H16OS.6FH.Sb/c1-12-10-14(16)8-9-15(12)17(2)11-13-6-4-3-5-7-13;;;;;;;/h3-10H,11H2,1-2H3;6*1H;/q;;;;;;;+5/p-5. The number of rotatable bonds is 3. The average Bonchev–Trinajstić information content (AvgIpc) is 2.35. The van der Waals surface area contributed by atoms with E-state index in [2.05, 4.69) is 37.4 Å². The molecule has 0 spiro atoms. The molecule has 1 nitrogen and oxygen atoms in total. The van der Waals surface area contributed by atoms with Gasteiger partial charge in [0.05, 0.1) is 0 Å². The van der Waals surface area contributed by atoms with Gasteiger partial charge in [-0.05, 0) is 25.1 Å². The van der Waals surface area contributed by atoms with Crippen LogP contribution in [0.3, 0.4) is 0 Å². The molecule has 0 radical (unpaired) electrons. The summed E-state index contributed by atoms with van der Waals surface area (Å²) in [5.74, 6) is 1.41. The quantitative estimate of drug-likeness (QED) is 0.342. The van der Waals surface area contributed by atoms with Crippen molar-refractivity contribution in [3.05, 3.63) is 59.7 Å². The molecule has 2 rings (SSSR count). The molecular formula is C15H17F6OSSb. The summed E-state index contributed by atoms with van der Waals surface area (Å²) in [6.45, 7) is 2.06. The number of hydrogen-bond acceptors (Lipinski definition) is 1. The monoisotopic (exact) mass is 480 g/mol. The number of halogens is 6. The third-order valence-electron chi connectivity index (χ3n) is 2.76. The number of phenolic OH excluding ortho intramolecular Hbond substituents is 1. The molecule has 1 unspecified atom stereocenters. The van der Waals surface area contributed by atoms with Gasteiger partial charge in [0.15, 0.2) is 4.90 Å². The molecule has 1 atom stereocenters. The second-order valence-electron chi connectivity index (χ2n) is 5.18. The summed E-state index contributed by atoms with van der Waals surface area (Å²) in [4.78, 5) is 1.34. The van der Waals surface area contributed by atoms with E-state index in [9.17, 15) is 22.0 Å². The zero-order valence-electron chi connectivity index (χ0n) is 12.9. The minimum absolute atomic E-state index is 0.185. The molecule has 0 amide bonds. The maximum atomic E-state index is 9.93.